The molecule has 4 aromatic rings. The predicted octanol–water partition coefficient (Wildman–Crippen LogP) is 1.16. The molecule has 6 N–H and O–H groups in total. The predicted molar refractivity (Wildman–Crippen MR) is 143 cm³/mol. The molecule has 2 aromatic carbocycles. The van der Waals surface area contributed by atoms with E-state index in [1.165, 1.54) is 22.8 Å². The molecule has 204 valence electrons. The molecule has 1 saturated heterocycles. The van der Waals surface area contributed by atoms with Gasteiger partial charge < -0.3 is 36.1 Å². The molecule has 2 aromatic heterocycles. The minimum absolute atomic E-state index is 0.182. The van der Waals surface area contributed by atoms with Gasteiger partial charge in [-0.25, -0.2) is 15.0 Å². The van der Waals surface area contributed by atoms with E-state index in [0.29, 0.717) is 30.7 Å². The number of aliphatic hydroxyl groups is 2. The van der Waals surface area contributed by atoms with E-state index >= 15 is 0 Å². The Bertz CT molecular complexity index is 1380. The van der Waals surface area contributed by atoms with Gasteiger partial charge in [-0.1, -0.05) is 30.3 Å². The second kappa shape index (κ2) is 12.2. The lowest BCUT2D eigenvalue weighted by atomic mass is 10.1. The van der Waals surface area contributed by atoms with E-state index < -0.39 is 30.4 Å². The van der Waals surface area contributed by atoms with Crippen molar-refractivity contribution in [1.82, 2.24) is 30.2 Å². The van der Waals surface area contributed by atoms with Crippen LogP contribution in [0.1, 0.15) is 18.2 Å². The minimum Gasteiger partial charge on any atom is -0.457 e. The smallest absolute Gasteiger partial charge is 0.252 e. The molecular weight excluding hydrogens is 502 g/mol. The van der Waals surface area contributed by atoms with Gasteiger partial charge in [-0.3, -0.25) is 9.36 Å². The Morgan fingerprint density at radius 2 is 1.74 bits per heavy atom. The highest BCUT2D eigenvalue weighted by Gasteiger charge is 2.47. The summed E-state index contributed by atoms with van der Waals surface area (Å²) < 4.78 is 13.0. The number of aliphatic hydroxyl groups excluding tert-OH is 2. The van der Waals surface area contributed by atoms with E-state index in [-0.39, 0.29) is 5.82 Å². The number of hydrogen-bond donors (Lipinski definition) is 5. The Kier molecular flexibility index (Phi) is 8.27. The van der Waals surface area contributed by atoms with Crippen LogP contribution in [0.2, 0.25) is 0 Å². The van der Waals surface area contributed by atoms with Crippen molar-refractivity contribution in [2.24, 2.45) is 0 Å². The Balaban J connectivity index is 1.01. The molecule has 1 fully saturated rings. The molecule has 3 heterocycles. The van der Waals surface area contributed by atoms with E-state index in [0.717, 1.165) is 24.5 Å². The standard InChI is InChI=1S/C27H31N7O5/c28-24-20-25(32-15-31-24)34(16-33-20)27-22(36)21(35)23(39-27)26(37)30-13-4-12-29-14-11-17-7-9-19(10-8-17)38-18-5-2-1-3-6-18/h1-3,5-10,15-16,21-23,27,29,35-36H,4,11-14H2,(H,30,37)(H2,28,31,32)/t21-,22+,23-,27+/m0/s1. The van der Waals surface area contributed by atoms with E-state index in [1.807, 2.05) is 54.6 Å². The summed E-state index contributed by atoms with van der Waals surface area (Å²) >= 11 is 0. The van der Waals surface area contributed by atoms with Crippen molar-refractivity contribution in [2.75, 3.05) is 25.4 Å². The Morgan fingerprint density at radius 3 is 2.54 bits per heavy atom. The van der Waals surface area contributed by atoms with E-state index in [4.69, 9.17) is 15.2 Å². The number of nitrogens with one attached hydrogen (secondary N) is 2. The lowest BCUT2D eigenvalue weighted by molar-refractivity contribution is -0.137. The van der Waals surface area contributed by atoms with Crippen molar-refractivity contribution in [3.63, 3.8) is 0 Å². The molecule has 5 rings (SSSR count). The third kappa shape index (κ3) is 6.15. The number of para-hydroxylation sites is 1. The van der Waals surface area contributed by atoms with Crippen LogP contribution in [-0.2, 0) is 16.0 Å². The van der Waals surface area contributed by atoms with Gasteiger partial charge in [-0.15, -0.1) is 0 Å². The number of ether oxygens (including phenoxy) is 2. The summed E-state index contributed by atoms with van der Waals surface area (Å²) in [4.78, 5) is 24.8. The number of nitrogen functional groups attached to an aromatic ring is 1. The van der Waals surface area contributed by atoms with Crippen LogP contribution in [0.4, 0.5) is 5.82 Å². The van der Waals surface area contributed by atoms with Gasteiger partial charge in [0.05, 0.1) is 6.33 Å². The Hall–Kier alpha value is -4.10. The first kappa shape index (κ1) is 26.5. The summed E-state index contributed by atoms with van der Waals surface area (Å²) in [6.45, 7) is 1.89. The topological polar surface area (TPSA) is 170 Å². The lowest BCUT2D eigenvalue weighted by Gasteiger charge is -2.16. The van der Waals surface area contributed by atoms with Gasteiger partial charge in [0.15, 0.2) is 23.8 Å². The molecule has 1 amide bonds. The average molecular weight is 534 g/mol. The van der Waals surface area contributed by atoms with E-state index in [1.54, 1.807) is 0 Å². The summed E-state index contributed by atoms with van der Waals surface area (Å²) in [6, 6.07) is 17.7. The van der Waals surface area contributed by atoms with Crippen molar-refractivity contribution in [1.29, 1.82) is 0 Å². The summed E-state index contributed by atoms with van der Waals surface area (Å²) in [5.41, 5.74) is 7.68. The summed E-state index contributed by atoms with van der Waals surface area (Å²) in [6.07, 6.45) is -0.840. The highest BCUT2D eigenvalue weighted by Crippen LogP contribution is 2.32. The van der Waals surface area contributed by atoms with E-state index in [2.05, 4.69) is 25.6 Å². The molecule has 0 radical (unpaired) electrons. The molecule has 0 saturated carbocycles. The number of nitrogens with two attached hydrogens (primary N) is 1. The second-order valence-electron chi connectivity index (χ2n) is 9.22. The number of imidazole rings is 1. The molecule has 0 bridgehead atoms. The fraction of sp³-hybridized carbons (Fsp3) is 0.333. The third-order valence-corrected chi connectivity index (χ3v) is 6.48. The van der Waals surface area contributed by atoms with Gasteiger partial charge in [-0.2, -0.15) is 0 Å². The number of benzene rings is 2. The van der Waals surface area contributed by atoms with Crippen LogP contribution in [-0.4, -0.2) is 73.6 Å². The number of fused-ring (bicyclic) bond motifs is 1. The van der Waals surface area contributed by atoms with Gasteiger partial charge in [0, 0.05) is 6.54 Å². The monoisotopic (exact) mass is 533 g/mol. The quantitative estimate of drug-likeness (QED) is 0.176. The maximum atomic E-state index is 12.6. The molecule has 12 nitrogen and oxygen atoms in total. The van der Waals surface area contributed by atoms with Crippen LogP contribution in [0.3, 0.4) is 0 Å². The van der Waals surface area contributed by atoms with Crippen LogP contribution >= 0.6 is 0 Å². The first-order valence-electron chi connectivity index (χ1n) is 12.8. The maximum absolute atomic E-state index is 12.6. The minimum atomic E-state index is -1.41. The van der Waals surface area contributed by atoms with Crippen molar-refractivity contribution < 1.29 is 24.5 Å². The molecule has 39 heavy (non-hydrogen) atoms. The first-order chi connectivity index (χ1) is 19.0. The first-order valence-corrected chi connectivity index (χ1v) is 12.8. The number of amides is 1. The maximum Gasteiger partial charge on any atom is 0.252 e. The van der Waals surface area contributed by atoms with Crippen LogP contribution in [0.25, 0.3) is 11.2 Å². The molecule has 1 aliphatic heterocycles. The van der Waals surface area contributed by atoms with Crippen molar-refractivity contribution >= 4 is 22.9 Å². The van der Waals surface area contributed by atoms with Gasteiger partial charge >= 0.3 is 0 Å². The zero-order chi connectivity index (χ0) is 27.2. The molecule has 12 heteroatoms. The highest BCUT2D eigenvalue weighted by molar-refractivity contribution is 5.82. The number of aromatic nitrogens is 4. The molecule has 1 aliphatic rings. The second-order valence-corrected chi connectivity index (χ2v) is 9.22. The van der Waals surface area contributed by atoms with Crippen LogP contribution in [0.5, 0.6) is 11.5 Å². The Morgan fingerprint density at radius 1 is 0.974 bits per heavy atom. The zero-order valence-corrected chi connectivity index (χ0v) is 21.2. The largest absolute Gasteiger partial charge is 0.457 e. The molecular formula is C27H31N7O5. The van der Waals surface area contributed by atoms with Crippen LogP contribution in [0.15, 0.2) is 67.3 Å². The van der Waals surface area contributed by atoms with E-state index in [9.17, 15) is 15.0 Å². The number of carbonyl (C=O) groups is 1. The normalized spacial score (nSPS) is 20.8. The number of rotatable bonds is 11. The van der Waals surface area contributed by atoms with Gasteiger partial charge in [0.2, 0.25) is 0 Å². The van der Waals surface area contributed by atoms with Crippen LogP contribution < -0.4 is 21.1 Å². The zero-order valence-electron chi connectivity index (χ0n) is 21.2. The van der Waals surface area contributed by atoms with Crippen molar-refractivity contribution in [3.05, 3.63) is 72.8 Å². The van der Waals surface area contributed by atoms with Gasteiger partial charge in [-0.05, 0) is 55.8 Å². The number of anilines is 1. The summed E-state index contributed by atoms with van der Waals surface area (Å²) in [5.74, 6) is 1.28. The Labute approximate surface area is 224 Å². The molecule has 0 unspecified atom stereocenters. The third-order valence-electron chi connectivity index (χ3n) is 6.48. The van der Waals surface area contributed by atoms with Crippen molar-refractivity contribution in [3.8, 4) is 11.5 Å². The fourth-order valence-electron chi connectivity index (χ4n) is 4.39. The SMILES string of the molecule is Nc1ncnc2c1ncn2[C@@H]1O[C@H](C(=O)NCCCNCCc2ccc(Oc3ccccc3)cc2)[C@@H](O)[C@H]1O. The highest BCUT2D eigenvalue weighted by atomic mass is 16.6. The molecule has 0 aliphatic carbocycles. The van der Waals surface area contributed by atoms with Crippen molar-refractivity contribution in [2.45, 2.75) is 37.4 Å². The summed E-state index contributed by atoms with van der Waals surface area (Å²) in [5, 5.41) is 27.1. The van der Waals surface area contributed by atoms with Gasteiger partial charge in [0.1, 0.15) is 35.6 Å². The fourth-order valence-corrected chi connectivity index (χ4v) is 4.39. The molecule has 0 spiro atoms. The molecule has 4 atom stereocenters. The average Bonchev–Trinajstić information content (AvgIpc) is 3.51. The number of carbonyl (C=O) groups excluding carboxylic acids is 1. The van der Waals surface area contributed by atoms with Gasteiger partial charge in [0.25, 0.3) is 5.91 Å². The summed E-state index contributed by atoms with van der Waals surface area (Å²) in [7, 11) is 0. The lowest BCUT2D eigenvalue weighted by Crippen LogP contribution is -2.43. The number of hydrogen-bond acceptors (Lipinski definition) is 10. The van der Waals surface area contributed by atoms with Crippen LogP contribution in [0, 0.1) is 0 Å². The number of nitrogens with zero attached hydrogens (tertiary/aromatic N) is 4.